The van der Waals surface area contributed by atoms with E-state index in [0.29, 0.717) is 13.2 Å². The van der Waals surface area contributed by atoms with Crippen LogP contribution in [0, 0.1) is 0 Å². The Morgan fingerprint density at radius 2 is 2.30 bits per heavy atom. The summed E-state index contributed by atoms with van der Waals surface area (Å²) in [4.78, 5) is 12.6. The lowest BCUT2D eigenvalue weighted by Crippen LogP contribution is -2.04. The lowest BCUT2D eigenvalue weighted by atomic mass is 10.3. The van der Waals surface area contributed by atoms with Crippen LogP contribution in [-0.2, 0) is 29.0 Å². The summed E-state index contributed by atoms with van der Waals surface area (Å²) in [6, 6.07) is 3.81. The molecule has 0 saturated carbocycles. The summed E-state index contributed by atoms with van der Waals surface area (Å²) in [5.41, 5.74) is 0.939. The molecule has 0 atom stereocenters. The Kier molecular flexibility index (Phi) is 5.14. The van der Waals surface area contributed by atoms with Crippen LogP contribution in [-0.4, -0.2) is 34.6 Å². The van der Waals surface area contributed by atoms with Gasteiger partial charge in [0.25, 0.3) is 0 Å². The van der Waals surface area contributed by atoms with E-state index in [1.807, 2.05) is 23.0 Å². The van der Waals surface area contributed by atoms with E-state index in [-0.39, 0.29) is 6.42 Å². The molecule has 2 aromatic rings. The first-order chi connectivity index (χ1) is 9.67. The van der Waals surface area contributed by atoms with Gasteiger partial charge in [-0.05, 0) is 12.1 Å². The number of carboxylic acids is 1. The number of rotatable bonds is 8. The number of hydrogen-bond donors (Lipinski definition) is 2. The van der Waals surface area contributed by atoms with Gasteiger partial charge in [0.05, 0.1) is 31.5 Å². The van der Waals surface area contributed by atoms with Crippen molar-refractivity contribution in [3.63, 3.8) is 0 Å². The van der Waals surface area contributed by atoms with E-state index < -0.39 is 5.97 Å². The minimum Gasteiger partial charge on any atom is -0.481 e. The molecule has 0 aliphatic heterocycles. The number of carboxylic acid groups (broad SMARTS) is 1. The average molecular weight is 295 g/mol. The van der Waals surface area contributed by atoms with Crippen LogP contribution in [0.25, 0.3) is 0 Å². The number of aliphatic carboxylic acids is 1. The van der Waals surface area contributed by atoms with E-state index >= 15 is 0 Å². The summed E-state index contributed by atoms with van der Waals surface area (Å²) < 4.78 is 6.81. The number of nitrogens with zero attached hydrogens (tertiary/aromatic N) is 2. The van der Waals surface area contributed by atoms with E-state index in [4.69, 9.17) is 9.84 Å². The number of methoxy groups -OCH3 is 1. The minimum atomic E-state index is -0.800. The maximum Gasteiger partial charge on any atom is 0.308 e. The lowest BCUT2D eigenvalue weighted by Gasteiger charge is -2.01. The molecule has 0 saturated heterocycles. The summed E-state index contributed by atoms with van der Waals surface area (Å²) in [5, 5.41) is 16.2. The summed E-state index contributed by atoms with van der Waals surface area (Å²) >= 11 is 1.51. The van der Waals surface area contributed by atoms with Gasteiger partial charge in [0.1, 0.15) is 0 Å². The fourth-order valence-corrected chi connectivity index (χ4v) is 2.66. The van der Waals surface area contributed by atoms with E-state index in [1.165, 1.54) is 11.3 Å². The summed E-state index contributed by atoms with van der Waals surface area (Å²) in [7, 11) is 1.66. The topological polar surface area (TPSA) is 76.4 Å². The molecule has 6 nitrogen and oxygen atoms in total. The van der Waals surface area contributed by atoms with Crippen LogP contribution in [0.1, 0.15) is 9.75 Å². The van der Waals surface area contributed by atoms with E-state index in [1.54, 1.807) is 13.3 Å². The van der Waals surface area contributed by atoms with E-state index in [2.05, 4.69) is 10.4 Å². The Bertz CT molecular complexity index is 565. The second-order valence-corrected chi connectivity index (χ2v) is 5.53. The van der Waals surface area contributed by atoms with Crippen molar-refractivity contribution in [1.29, 1.82) is 0 Å². The van der Waals surface area contributed by atoms with Gasteiger partial charge in [0.2, 0.25) is 0 Å². The molecule has 0 unspecified atom stereocenters. The third-order valence-corrected chi connectivity index (χ3v) is 3.75. The van der Waals surface area contributed by atoms with E-state index in [9.17, 15) is 4.79 Å². The highest BCUT2D eigenvalue weighted by molar-refractivity contribution is 7.12. The van der Waals surface area contributed by atoms with Gasteiger partial charge in [-0.3, -0.25) is 9.48 Å². The molecule has 0 spiro atoms. The van der Waals surface area contributed by atoms with Crippen LogP contribution in [0.15, 0.2) is 24.5 Å². The first-order valence-electron chi connectivity index (χ1n) is 6.22. The third kappa shape index (κ3) is 4.36. The summed E-state index contributed by atoms with van der Waals surface area (Å²) in [6.07, 6.45) is 3.77. The molecule has 0 fully saturated rings. The first-order valence-corrected chi connectivity index (χ1v) is 7.03. The molecule has 0 aliphatic rings. The number of hydrogen-bond acceptors (Lipinski definition) is 5. The SMILES string of the molecule is COCCn1cc(NCc2ccc(CC(=O)O)s2)cn1. The van der Waals surface area contributed by atoms with Crippen LogP contribution < -0.4 is 5.32 Å². The Balaban J connectivity index is 1.83. The maximum absolute atomic E-state index is 10.6. The zero-order valence-corrected chi connectivity index (χ0v) is 12.0. The first kappa shape index (κ1) is 14.5. The second-order valence-electron chi connectivity index (χ2n) is 4.28. The summed E-state index contributed by atoms with van der Waals surface area (Å²) in [5.74, 6) is -0.800. The van der Waals surface area contributed by atoms with Crippen molar-refractivity contribution >= 4 is 23.0 Å². The number of ether oxygens (including phenoxy) is 1. The number of aromatic nitrogens is 2. The normalized spacial score (nSPS) is 10.7. The molecule has 0 radical (unpaired) electrons. The molecule has 2 heterocycles. The Morgan fingerprint density at radius 3 is 3.05 bits per heavy atom. The molecule has 7 heteroatoms. The van der Waals surface area contributed by atoms with Gasteiger partial charge >= 0.3 is 5.97 Å². The molecule has 2 N–H and O–H groups in total. The van der Waals surface area contributed by atoms with Gasteiger partial charge in [-0.15, -0.1) is 11.3 Å². The molecule has 108 valence electrons. The fraction of sp³-hybridized carbons (Fsp3) is 0.385. The van der Waals surface area contributed by atoms with Crippen LogP contribution >= 0.6 is 11.3 Å². The smallest absolute Gasteiger partial charge is 0.308 e. The zero-order valence-electron chi connectivity index (χ0n) is 11.2. The van der Waals surface area contributed by atoms with Crippen molar-refractivity contribution in [3.8, 4) is 0 Å². The average Bonchev–Trinajstić information content (AvgIpc) is 3.02. The van der Waals surface area contributed by atoms with Crippen LogP contribution in [0.2, 0.25) is 0 Å². The Labute approximate surface area is 121 Å². The Hall–Kier alpha value is -1.86. The monoisotopic (exact) mass is 295 g/mol. The number of carbonyl (C=O) groups is 1. The van der Waals surface area contributed by atoms with Crippen molar-refractivity contribution < 1.29 is 14.6 Å². The molecular formula is C13H17N3O3S. The van der Waals surface area contributed by atoms with Gasteiger partial charge in [-0.2, -0.15) is 5.10 Å². The van der Waals surface area contributed by atoms with Crippen molar-refractivity contribution in [2.24, 2.45) is 0 Å². The highest BCUT2D eigenvalue weighted by Crippen LogP contribution is 2.18. The predicted molar refractivity (Wildman–Crippen MR) is 77.1 cm³/mol. The van der Waals surface area contributed by atoms with Gasteiger partial charge in [-0.1, -0.05) is 0 Å². The standard InChI is InChI=1S/C13H17N3O3S/c1-19-5-4-16-9-10(7-15-16)14-8-12-3-2-11(20-12)6-13(17)18/h2-3,7,9,14H,4-6,8H2,1H3,(H,17,18). The Morgan fingerprint density at radius 1 is 1.50 bits per heavy atom. The van der Waals surface area contributed by atoms with Crippen LogP contribution in [0.5, 0.6) is 0 Å². The van der Waals surface area contributed by atoms with E-state index in [0.717, 1.165) is 22.0 Å². The molecular weight excluding hydrogens is 278 g/mol. The maximum atomic E-state index is 10.6. The largest absolute Gasteiger partial charge is 0.481 e. The molecule has 0 aliphatic carbocycles. The predicted octanol–water partition coefficient (Wildman–Crippen LogP) is 1.83. The quantitative estimate of drug-likeness (QED) is 0.777. The highest BCUT2D eigenvalue weighted by atomic mass is 32.1. The van der Waals surface area contributed by atoms with Crippen molar-refractivity contribution in [3.05, 3.63) is 34.3 Å². The van der Waals surface area contributed by atoms with Crippen molar-refractivity contribution in [2.45, 2.75) is 19.5 Å². The van der Waals surface area contributed by atoms with Gasteiger partial charge in [0, 0.05) is 29.6 Å². The number of anilines is 1. The van der Waals surface area contributed by atoms with Gasteiger partial charge in [0.15, 0.2) is 0 Å². The molecule has 0 amide bonds. The van der Waals surface area contributed by atoms with Gasteiger partial charge < -0.3 is 15.2 Å². The third-order valence-electron chi connectivity index (χ3n) is 2.67. The zero-order chi connectivity index (χ0) is 14.4. The lowest BCUT2D eigenvalue weighted by molar-refractivity contribution is -0.136. The molecule has 2 rings (SSSR count). The molecule has 20 heavy (non-hydrogen) atoms. The fourth-order valence-electron chi connectivity index (χ4n) is 1.71. The van der Waals surface area contributed by atoms with Crippen LogP contribution in [0.4, 0.5) is 5.69 Å². The summed E-state index contributed by atoms with van der Waals surface area (Å²) in [6.45, 7) is 2.02. The number of thiophene rings is 1. The van der Waals surface area contributed by atoms with Crippen molar-refractivity contribution in [1.82, 2.24) is 9.78 Å². The molecule has 0 bridgehead atoms. The molecule has 2 aromatic heterocycles. The van der Waals surface area contributed by atoms with Gasteiger partial charge in [-0.25, -0.2) is 0 Å². The van der Waals surface area contributed by atoms with Crippen LogP contribution in [0.3, 0.4) is 0 Å². The van der Waals surface area contributed by atoms with Crippen molar-refractivity contribution in [2.75, 3.05) is 19.0 Å². The minimum absolute atomic E-state index is 0.0830. The second kappa shape index (κ2) is 7.06. The highest BCUT2D eigenvalue weighted by Gasteiger charge is 2.05. The molecule has 0 aromatic carbocycles. The number of nitrogens with one attached hydrogen (secondary N) is 1.